The summed E-state index contributed by atoms with van der Waals surface area (Å²) in [4.78, 5) is 0. The Balaban J connectivity index is 2.60. The number of nitrogens with one attached hydrogen (secondary N) is 1. The SMILES string of the molecule is COc1cc2c(NC(C)C)c3nnnn3c(C(OC)OC)c2c(OC)c1OC. The molecule has 0 aliphatic heterocycles. The minimum absolute atomic E-state index is 0.134. The number of tetrazole rings is 1. The maximum atomic E-state index is 5.73. The summed E-state index contributed by atoms with van der Waals surface area (Å²) in [7, 11) is 7.78. The molecule has 0 aliphatic carbocycles. The second kappa shape index (κ2) is 8.03. The number of hydrogen-bond donors (Lipinski definition) is 1. The number of methoxy groups -OCH3 is 5. The van der Waals surface area contributed by atoms with Crippen LogP contribution in [0.2, 0.25) is 0 Å². The fourth-order valence-corrected chi connectivity index (χ4v) is 3.31. The monoisotopic (exact) mass is 391 g/mol. The molecule has 0 unspecified atom stereocenters. The van der Waals surface area contributed by atoms with Crippen LogP contribution in [0.5, 0.6) is 17.2 Å². The molecule has 10 nitrogen and oxygen atoms in total. The van der Waals surface area contributed by atoms with Crippen LogP contribution in [0.3, 0.4) is 0 Å². The molecule has 1 aromatic carbocycles. The van der Waals surface area contributed by atoms with Gasteiger partial charge in [-0.25, -0.2) is 0 Å². The van der Waals surface area contributed by atoms with Gasteiger partial charge in [-0.05, 0) is 30.3 Å². The molecule has 152 valence electrons. The van der Waals surface area contributed by atoms with Gasteiger partial charge in [-0.1, -0.05) is 0 Å². The smallest absolute Gasteiger partial charge is 0.204 e. The second-order valence-corrected chi connectivity index (χ2v) is 6.34. The minimum Gasteiger partial charge on any atom is -0.493 e. The minimum atomic E-state index is -0.742. The Morgan fingerprint density at radius 1 is 0.964 bits per heavy atom. The van der Waals surface area contributed by atoms with E-state index in [1.54, 1.807) is 40.1 Å². The third kappa shape index (κ3) is 3.04. The maximum absolute atomic E-state index is 5.73. The zero-order valence-electron chi connectivity index (χ0n) is 17.1. The molecule has 0 fully saturated rings. The van der Waals surface area contributed by atoms with Gasteiger partial charge >= 0.3 is 0 Å². The molecule has 0 saturated carbocycles. The average molecular weight is 391 g/mol. The Bertz CT molecular complexity index is 984. The summed E-state index contributed by atoms with van der Waals surface area (Å²) in [5, 5.41) is 17.1. The van der Waals surface area contributed by atoms with Crippen molar-refractivity contribution in [1.82, 2.24) is 20.0 Å². The van der Waals surface area contributed by atoms with Crippen LogP contribution in [-0.2, 0) is 9.47 Å². The van der Waals surface area contributed by atoms with Gasteiger partial charge in [0.25, 0.3) is 0 Å². The van der Waals surface area contributed by atoms with Gasteiger partial charge in [0.15, 0.2) is 11.5 Å². The van der Waals surface area contributed by atoms with Crippen molar-refractivity contribution in [2.45, 2.75) is 26.2 Å². The molecule has 0 spiro atoms. The summed E-state index contributed by atoms with van der Waals surface area (Å²) in [5.74, 6) is 1.44. The number of hydrogen-bond acceptors (Lipinski definition) is 9. The van der Waals surface area contributed by atoms with E-state index in [4.69, 9.17) is 23.7 Å². The number of anilines is 1. The average Bonchev–Trinajstić information content (AvgIpc) is 3.18. The van der Waals surface area contributed by atoms with Crippen LogP contribution >= 0.6 is 0 Å². The van der Waals surface area contributed by atoms with E-state index < -0.39 is 6.29 Å². The highest BCUT2D eigenvalue weighted by atomic mass is 16.7. The molecule has 0 radical (unpaired) electrons. The van der Waals surface area contributed by atoms with E-state index in [1.165, 1.54) is 0 Å². The number of aromatic nitrogens is 4. The van der Waals surface area contributed by atoms with Gasteiger partial charge in [0.05, 0.1) is 32.4 Å². The predicted molar refractivity (Wildman–Crippen MR) is 103 cm³/mol. The molecule has 2 heterocycles. The van der Waals surface area contributed by atoms with E-state index in [2.05, 4.69) is 20.8 Å². The summed E-state index contributed by atoms with van der Waals surface area (Å²) < 4.78 is 29.5. The lowest BCUT2D eigenvalue weighted by atomic mass is 10.0. The first-order chi connectivity index (χ1) is 13.5. The van der Waals surface area contributed by atoms with Crippen molar-refractivity contribution in [3.63, 3.8) is 0 Å². The van der Waals surface area contributed by atoms with Crippen molar-refractivity contribution < 1.29 is 23.7 Å². The second-order valence-electron chi connectivity index (χ2n) is 6.34. The molecule has 28 heavy (non-hydrogen) atoms. The molecule has 0 atom stereocenters. The predicted octanol–water partition coefficient (Wildman–Crippen LogP) is 2.42. The lowest BCUT2D eigenvalue weighted by Gasteiger charge is -2.23. The van der Waals surface area contributed by atoms with Crippen LogP contribution in [0, 0.1) is 0 Å². The third-order valence-corrected chi connectivity index (χ3v) is 4.36. The van der Waals surface area contributed by atoms with Crippen molar-refractivity contribution in [2.75, 3.05) is 40.9 Å². The lowest BCUT2D eigenvalue weighted by Crippen LogP contribution is -2.16. The maximum Gasteiger partial charge on any atom is 0.204 e. The van der Waals surface area contributed by atoms with Crippen LogP contribution in [0.1, 0.15) is 25.8 Å². The summed E-state index contributed by atoms with van der Waals surface area (Å²) in [5.41, 5.74) is 1.85. The van der Waals surface area contributed by atoms with Crippen LogP contribution in [0.25, 0.3) is 16.4 Å². The van der Waals surface area contributed by atoms with E-state index in [-0.39, 0.29) is 6.04 Å². The summed E-state index contributed by atoms with van der Waals surface area (Å²) in [6, 6.07) is 2.00. The van der Waals surface area contributed by atoms with E-state index in [1.807, 2.05) is 19.9 Å². The van der Waals surface area contributed by atoms with Crippen LogP contribution in [-0.4, -0.2) is 61.6 Å². The lowest BCUT2D eigenvalue weighted by molar-refractivity contribution is -0.108. The Morgan fingerprint density at radius 2 is 1.64 bits per heavy atom. The van der Waals surface area contributed by atoms with Crippen molar-refractivity contribution in [1.29, 1.82) is 0 Å². The molecule has 2 aromatic heterocycles. The van der Waals surface area contributed by atoms with E-state index in [0.29, 0.717) is 34.0 Å². The largest absolute Gasteiger partial charge is 0.493 e. The fourth-order valence-electron chi connectivity index (χ4n) is 3.31. The molecule has 1 N–H and O–H groups in total. The van der Waals surface area contributed by atoms with Crippen molar-refractivity contribution in [3.05, 3.63) is 11.8 Å². The number of fused-ring (bicyclic) bond motifs is 2. The number of nitrogens with zero attached hydrogens (tertiary/aromatic N) is 4. The van der Waals surface area contributed by atoms with Crippen LogP contribution < -0.4 is 19.5 Å². The first-order valence-electron chi connectivity index (χ1n) is 8.71. The Labute approximate surface area is 162 Å². The van der Waals surface area contributed by atoms with Gasteiger partial charge in [0.2, 0.25) is 17.7 Å². The topological polar surface area (TPSA) is 101 Å². The summed E-state index contributed by atoms with van der Waals surface area (Å²) >= 11 is 0. The van der Waals surface area contributed by atoms with Crippen molar-refractivity contribution in [3.8, 4) is 17.2 Å². The van der Waals surface area contributed by atoms with Gasteiger partial charge in [0.1, 0.15) is 5.69 Å². The molecule has 0 bridgehead atoms. The van der Waals surface area contributed by atoms with Gasteiger partial charge in [-0.15, -0.1) is 5.10 Å². The highest BCUT2D eigenvalue weighted by molar-refractivity contribution is 6.06. The van der Waals surface area contributed by atoms with Gasteiger partial charge in [0, 0.05) is 25.6 Å². The number of ether oxygens (including phenoxy) is 5. The molecule has 3 rings (SSSR count). The van der Waals surface area contributed by atoms with E-state index >= 15 is 0 Å². The first kappa shape index (κ1) is 19.9. The molecule has 3 aromatic rings. The van der Waals surface area contributed by atoms with Crippen LogP contribution in [0.15, 0.2) is 6.07 Å². The molecular weight excluding hydrogens is 366 g/mol. The Kier molecular flexibility index (Phi) is 5.71. The molecule has 0 saturated heterocycles. The Hall–Kier alpha value is -2.85. The molecular formula is C18H25N5O5. The Morgan fingerprint density at radius 3 is 2.18 bits per heavy atom. The number of benzene rings is 1. The molecule has 0 aliphatic rings. The van der Waals surface area contributed by atoms with Crippen LogP contribution in [0.4, 0.5) is 5.69 Å². The zero-order valence-corrected chi connectivity index (χ0v) is 17.1. The highest BCUT2D eigenvalue weighted by Crippen LogP contribution is 2.48. The van der Waals surface area contributed by atoms with Crippen molar-refractivity contribution in [2.24, 2.45) is 0 Å². The molecule has 0 amide bonds. The zero-order chi connectivity index (χ0) is 20.4. The number of rotatable bonds is 8. The third-order valence-electron chi connectivity index (χ3n) is 4.36. The molecule has 10 heteroatoms. The summed E-state index contributed by atoms with van der Waals surface area (Å²) in [6.45, 7) is 4.07. The standard InChI is InChI=1S/C18H25N5O5/c1-9(2)19-13-10-8-11(24-3)15(25-4)16(26-5)12(10)14(18(27-6)28-7)23-17(13)20-21-22-23/h8-9,18-19H,1-7H3. The van der Waals surface area contributed by atoms with E-state index in [0.717, 1.165) is 11.1 Å². The van der Waals surface area contributed by atoms with E-state index in [9.17, 15) is 0 Å². The quantitative estimate of drug-likeness (QED) is 0.580. The summed E-state index contributed by atoms with van der Waals surface area (Å²) in [6.07, 6.45) is -0.742. The van der Waals surface area contributed by atoms with Crippen molar-refractivity contribution >= 4 is 22.1 Å². The van der Waals surface area contributed by atoms with Gasteiger partial charge < -0.3 is 29.0 Å². The highest BCUT2D eigenvalue weighted by Gasteiger charge is 2.29. The van der Waals surface area contributed by atoms with Gasteiger partial charge in [-0.2, -0.15) is 4.52 Å². The van der Waals surface area contributed by atoms with Gasteiger partial charge in [-0.3, -0.25) is 0 Å². The fraction of sp³-hybridized carbons (Fsp3) is 0.500. The number of pyridine rings is 1. The normalized spacial score (nSPS) is 11.6. The first-order valence-corrected chi connectivity index (χ1v) is 8.71.